The van der Waals surface area contributed by atoms with E-state index in [4.69, 9.17) is 10.5 Å². The van der Waals surface area contributed by atoms with Crippen molar-refractivity contribution in [2.75, 3.05) is 19.0 Å². The molecule has 1 heterocycles. The number of hydrogen-bond acceptors (Lipinski definition) is 5. The van der Waals surface area contributed by atoms with Gasteiger partial charge in [-0.05, 0) is 25.2 Å². The normalized spacial score (nSPS) is 18.5. The summed E-state index contributed by atoms with van der Waals surface area (Å²) in [6.45, 7) is 2.44. The van der Waals surface area contributed by atoms with Gasteiger partial charge >= 0.3 is 0 Å². The Hall–Kier alpha value is -0.690. The minimum Gasteiger partial charge on any atom is -0.383 e. The molecule has 1 aromatic heterocycles. The van der Waals surface area contributed by atoms with Gasteiger partial charge < -0.3 is 15.8 Å². The topological polar surface area (TPSA) is 77.2 Å². The molecular formula is C14H24ClN3O2S. The minimum absolute atomic E-state index is 0. The summed E-state index contributed by atoms with van der Waals surface area (Å²) in [5.41, 5.74) is 6.85. The largest absolute Gasteiger partial charge is 0.383 e. The molecule has 21 heavy (non-hydrogen) atoms. The summed E-state index contributed by atoms with van der Waals surface area (Å²) in [7, 11) is 1.53. The van der Waals surface area contributed by atoms with Crippen molar-refractivity contribution in [2.45, 2.75) is 45.1 Å². The SMILES string of the molecule is CCCC1CCc2nc(NC(=O)C(N)COC)sc2C1.Cl. The Balaban J connectivity index is 0.00000220. The van der Waals surface area contributed by atoms with E-state index in [1.54, 1.807) is 11.3 Å². The third kappa shape index (κ3) is 4.92. The molecule has 1 aliphatic rings. The van der Waals surface area contributed by atoms with Gasteiger partial charge in [-0.2, -0.15) is 0 Å². The summed E-state index contributed by atoms with van der Waals surface area (Å²) < 4.78 is 4.88. The Bertz CT molecular complexity index is 467. The first kappa shape index (κ1) is 18.4. The highest BCUT2D eigenvalue weighted by Crippen LogP contribution is 2.33. The number of nitrogens with zero attached hydrogens (tertiary/aromatic N) is 1. The number of amides is 1. The van der Waals surface area contributed by atoms with Gasteiger partial charge in [-0.25, -0.2) is 4.98 Å². The molecule has 0 bridgehead atoms. The van der Waals surface area contributed by atoms with Crippen molar-refractivity contribution in [3.05, 3.63) is 10.6 Å². The second-order valence-corrected chi connectivity index (χ2v) is 6.42. The van der Waals surface area contributed by atoms with Crippen LogP contribution in [-0.4, -0.2) is 30.6 Å². The first-order valence-corrected chi connectivity index (χ1v) is 7.99. The molecule has 5 nitrogen and oxygen atoms in total. The molecule has 2 unspecified atom stereocenters. The minimum atomic E-state index is -0.645. The maximum Gasteiger partial charge on any atom is 0.245 e. The summed E-state index contributed by atoms with van der Waals surface area (Å²) in [6, 6.07) is -0.645. The molecule has 1 aliphatic carbocycles. The Morgan fingerprint density at radius 3 is 3.05 bits per heavy atom. The van der Waals surface area contributed by atoms with Crippen LogP contribution in [0.4, 0.5) is 5.13 Å². The number of hydrogen-bond donors (Lipinski definition) is 2. The fourth-order valence-electron chi connectivity index (χ4n) is 2.60. The zero-order valence-electron chi connectivity index (χ0n) is 12.6. The highest BCUT2D eigenvalue weighted by Gasteiger charge is 2.23. The Morgan fingerprint density at radius 1 is 1.62 bits per heavy atom. The fourth-order valence-corrected chi connectivity index (χ4v) is 3.73. The van der Waals surface area contributed by atoms with Gasteiger partial charge in [0.25, 0.3) is 0 Å². The van der Waals surface area contributed by atoms with Crippen molar-refractivity contribution in [3.8, 4) is 0 Å². The number of aromatic nitrogens is 1. The van der Waals surface area contributed by atoms with Gasteiger partial charge in [0.1, 0.15) is 6.04 Å². The molecule has 0 fully saturated rings. The summed E-state index contributed by atoms with van der Waals surface area (Å²) in [5, 5.41) is 3.46. The average molecular weight is 334 g/mol. The van der Waals surface area contributed by atoms with Gasteiger partial charge in [-0.1, -0.05) is 19.8 Å². The highest BCUT2D eigenvalue weighted by atomic mass is 35.5. The standard InChI is InChI=1S/C14H23N3O2S.ClH/c1-3-4-9-5-6-11-12(7-9)20-14(16-11)17-13(18)10(15)8-19-2;/h9-10H,3-8,15H2,1-2H3,(H,16,17,18);1H. The summed E-state index contributed by atoms with van der Waals surface area (Å²) in [6.07, 6.45) is 5.84. The van der Waals surface area contributed by atoms with E-state index < -0.39 is 6.04 Å². The van der Waals surface area contributed by atoms with E-state index in [2.05, 4.69) is 17.2 Å². The van der Waals surface area contributed by atoms with E-state index in [1.807, 2.05) is 0 Å². The zero-order chi connectivity index (χ0) is 14.5. The smallest absolute Gasteiger partial charge is 0.245 e. The van der Waals surface area contributed by atoms with Crippen LogP contribution in [0.1, 0.15) is 36.8 Å². The van der Waals surface area contributed by atoms with E-state index in [1.165, 1.54) is 31.2 Å². The van der Waals surface area contributed by atoms with Crippen LogP contribution in [0.5, 0.6) is 0 Å². The van der Waals surface area contributed by atoms with Gasteiger partial charge in [-0.15, -0.1) is 23.7 Å². The number of anilines is 1. The molecule has 1 aromatic rings. The second kappa shape index (κ2) is 8.68. The average Bonchev–Trinajstić information content (AvgIpc) is 2.80. The number of fused-ring (bicyclic) bond motifs is 1. The number of halogens is 1. The molecule has 0 spiro atoms. The van der Waals surface area contributed by atoms with Crippen LogP contribution in [0, 0.1) is 5.92 Å². The zero-order valence-corrected chi connectivity index (χ0v) is 14.2. The molecule has 2 atom stereocenters. The van der Waals surface area contributed by atoms with Crippen LogP contribution in [-0.2, 0) is 22.4 Å². The third-order valence-electron chi connectivity index (χ3n) is 3.65. The lowest BCUT2D eigenvalue weighted by Crippen LogP contribution is -2.39. The number of carbonyl (C=O) groups is 1. The predicted octanol–water partition coefficient (Wildman–Crippen LogP) is 2.38. The molecule has 0 radical (unpaired) electrons. The molecule has 0 aromatic carbocycles. The second-order valence-electron chi connectivity index (χ2n) is 5.34. The number of carbonyl (C=O) groups excluding carboxylic acids is 1. The number of rotatable bonds is 6. The van der Waals surface area contributed by atoms with Crippen molar-refractivity contribution < 1.29 is 9.53 Å². The molecule has 2 rings (SSSR count). The maximum absolute atomic E-state index is 11.8. The molecule has 1 amide bonds. The molecule has 0 saturated heterocycles. The van der Waals surface area contributed by atoms with Crippen molar-refractivity contribution >= 4 is 34.8 Å². The lowest BCUT2D eigenvalue weighted by atomic mass is 9.88. The van der Waals surface area contributed by atoms with Crippen LogP contribution < -0.4 is 11.1 Å². The van der Waals surface area contributed by atoms with E-state index >= 15 is 0 Å². The lowest BCUT2D eigenvalue weighted by Gasteiger charge is -2.19. The molecule has 3 N–H and O–H groups in total. The number of nitrogens with two attached hydrogens (primary N) is 1. The number of methoxy groups -OCH3 is 1. The van der Waals surface area contributed by atoms with Crippen LogP contribution in [0.2, 0.25) is 0 Å². The van der Waals surface area contributed by atoms with Crippen LogP contribution in [0.15, 0.2) is 0 Å². The molecular weight excluding hydrogens is 310 g/mol. The van der Waals surface area contributed by atoms with Crippen LogP contribution in [0.25, 0.3) is 0 Å². The monoisotopic (exact) mass is 333 g/mol. The highest BCUT2D eigenvalue weighted by molar-refractivity contribution is 7.15. The third-order valence-corrected chi connectivity index (χ3v) is 4.69. The number of nitrogens with one attached hydrogen (secondary N) is 1. The lowest BCUT2D eigenvalue weighted by molar-refractivity contribution is -0.118. The summed E-state index contributed by atoms with van der Waals surface area (Å²) >= 11 is 1.59. The number of aryl methyl sites for hydroxylation is 1. The van der Waals surface area contributed by atoms with E-state index in [9.17, 15) is 4.79 Å². The Labute approximate surface area is 136 Å². The van der Waals surface area contributed by atoms with E-state index in [-0.39, 0.29) is 24.9 Å². The van der Waals surface area contributed by atoms with Gasteiger partial charge in [-0.3, -0.25) is 4.79 Å². The van der Waals surface area contributed by atoms with Crippen molar-refractivity contribution in [3.63, 3.8) is 0 Å². The first-order valence-electron chi connectivity index (χ1n) is 7.18. The van der Waals surface area contributed by atoms with Gasteiger partial charge in [0, 0.05) is 12.0 Å². The summed E-state index contributed by atoms with van der Waals surface area (Å²) in [5.74, 6) is 0.537. The first-order chi connectivity index (χ1) is 9.63. The fraction of sp³-hybridized carbons (Fsp3) is 0.714. The molecule has 0 saturated carbocycles. The van der Waals surface area contributed by atoms with Crippen molar-refractivity contribution in [1.82, 2.24) is 4.98 Å². The van der Waals surface area contributed by atoms with Crippen molar-refractivity contribution in [2.24, 2.45) is 11.7 Å². The maximum atomic E-state index is 11.8. The van der Waals surface area contributed by atoms with E-state index in [0.29, 0.717) is 5.13 Å². The quantitative estimate of drug-likeness (QED) is 0.838. The Morgan fingerprint density at radius 2 is 2.38 bits per heavy atom. The Kier molecular flexibility index (Phi) is 7.59. The van der Waals surface area contributed by atoms with Crippen molar-refractivity contribution in [1.29, 1.82) is 0 Å². The number of ether oxygens (including phenoxy) is 1. The molecule has 0 aliphatic heterocycles. The number of thiazole rings is 1. The van der Waals surface area contributed by atoms with Gasteiger partial charge in [0.15, 0.2) is 5.13 Å². The van der Waals surface area contributed by atoms with Gasteiger partial charge in [0.2, 0.25) is 5.91 Å². The molecule has 120 valence electrons. The molecule has 7 heteroatoms. The van der Waals surface area contributed by atoms with Crippen LogP contribution >= 0.6 is 23.7 Å². The summed E-state index contributed by atoms with van der Waals surface area (Å²) in [4.78, 5) is 17.7. The van der Waals surface area contributed by atoms with Gasteiger partial charge in [0.05, 0.1) is 12.3 Å². The van der Waals surface area contributed by atoms with E-state index in [0.717, 1.165) is 24.5 Å². The van der Waals surface area contributed by atoms with Crippen LogP contribution in [0.3, 0.4) is 0 Å². The predicted molar refractivity (Wildman–Crippen MR) is 88.3 cm³/mol.